The number of carboxylic acid groups (broad SMARTS) is 1. The number of amides is 1. The van der Waals surface area contributed by atoms with Crippen LogP contribution >= 0.6 is 0 Å². The van der Waals surface area contributed by atoms with E-state index in [1.807, 2.05) is 31.2 Å². The SMILES string of the molecule is CCCc1c2c(c(OCC)c3ccccc13)CN(c1ccc(CC(=O)O)cc1)C2=O. The van der Waals surface area contributed by atoms with Crippen molar-refractivity contribution in [3.63, 3.8) is 0 Å². The Morgan fingerprint density at radius 3 is 2.40 bits per heavy atom. The number of anilines is 1. The van der Waals surface area contributed by atoms with Crippen molar-refractivity contribution in [3.8, 4) is 5.75 Å². The lowest BCUT2D eigenvalue weighted by molar-refractivity contribution is -0.136. The van der Waals surface area contributed by atoms with E-state index in [0.29, 0.717) is 18.7 Å². The third kappa shape index (κ3) is 3.41. The second kappa shape index (κ2) is 8.19. The molecular formula is C25H25NO4. The number of fused-ring (bicyclic) bond motifs is 2. The van der Waals surface area contributed by atoms with E-state index >= 15 is 0 Å². The molecular weight excluding hydrogens is 378 g/mol. The van der Waals surface area contributed by atoms with Crippen LogP contribution < -0.4 is 9.64 Å². The first-order valence-corrected chi connectivity index (χ1v) is 10.4. The number of hydrogen-bond donors (Lipinski definition) is 1. The molecule has 0 fully saturated rings. The summed E-state index contributed by atoms with van der Waals surface area (Å²) in [5.74, 6) is -0.0999. The lowest BCUT2D eigenvalue weighted by atomic mass is 9.91. The molecule has 0 radical (unpaired) electrons. The number of carbonyl (C=O) groups excluding carboxylic acids is 1. The number of rotatable bonds is 7. The summed E-state index contributed by atoms with van der Waals surface area (Å²) >= 11 is 0. The standard InChI is InChI=1S/C25H25NO4/c1-3-7-19-18-8-5-6-9-20(18)24(30-4-2)21-15-26(25(29)23(19)21)17-12-10-16(11-13-17)14-22(27)28/h5-6,8-13H,3-4,7,14-15H2,1-2H3,(H,27,28). The van der Waals surface area contributed by atoms with Gasteiger partial charge in [-0.3, -0.25) is 9.59 Å². The molecule has 0 unspecified atom stereocenters. The number of ether oxygens (including phenoxy) is 1. The van der Waals surface area contributed by atoms with E-state index in [4.69, 9.17) is 9.84 Å². The first kappa shape index (κ1) is 20.0. The Kier molecular flexibility index (Phi) is 5.44. The Labute approximate surface area is 175 Å². The van der Waals surface area contributed by atoms with Gasteiger partial charge in [-0.15, -0.1) is 0 Å². The summed E-state index contributed by atoms with van der Waals surface area (Å²) in [5, 5.41) is 11.1. The Bertz CT molecular complexity index is 1120. The van der Waals surface area contributed by atoms with Gasteiger partial charge in [0.2, 0.25) is 0 Å². The first-order valence-electron chi connectivity index (χ1n) is 10.4. The maximum atomic E-state index is 13.5. The predicted molar refractivity (Wildman–Crippen MR) is 117 cm³/mol. The minimum absolute atomic E-state index is 0.0221. The summed E-state index contributed by atoms with van der Waals surface area (Å²) < 4.78 is 6.05. The summed E-state index contributed by atoms with van der Waals surface area (Å²) in [4.78, 5) is 26.2. The van der Waals surface area contributed by atoms with Crippen LogP contribution in [-0.2, 0) is 24.2 Å². The summed E-state index contributed by atoms with van der Waals surface area (Å²) in [6, 6.07) is 15.3. The van der Waals surface area contributed by atoms with E-state index < -0.39 is 5.97 Å². The number of aryl methyl sites for hydroxylation is 1. The smallest absolute Gasteiger partial charge is 0.307 e. The van der Waals surface area contributed by atoms with Gasteiger partial charge < -0.3 is 14.7 Å². The highest BCUT2D eigenvalue weighted by Crippen LogP contribution is 2.42. The first-order chi connectivity index (χ1) is 14.5. The molecule has 5 heteroatoms. The molecule has 0 saturated heterocycles. The molecule has 4 rings (SSSR count). The van der Waals surface area contributed by atoms with Crippen LogP contribution in [0.5, 0.6) is 5.75 Å². The van der Waals surface area contributed by atoms with Gasteiger partial charge in [-0.1, -0.05) is 49.7 Å². The highest BCUT2D eigenvalue weighted by atomic mass is 16.5. The van der Waals surface area contributed by atoms with Crippen molar-refractivity contribution in [1.29, 1.82) is 0 Å². The highest BCUT2D eigenvalue weighted by Gasteiger charge is 2.35. The van der Waals surface area contributed by atoms with Crippen LogP contribution in [0, 0.1) is 0 Å². The molecule has 1 N–H and O–H groups in total. The van der Waals surface area contributed by atoms with E-state index in [0.717, 1.165) is 51.7 Å². The van der Waals surface area contributed by atoms with E-state index in [1.165, 1.54) is 0 Å². The number of carbonyl (C=O) groups is 2. The molecule has 0 spiro atoms. The van der Waals surface area contributed by atoms with Gasteiger partial charge in [-0.2, -0.15) is 0 Å². The van der Waals surface area contributed by atoms with Gasteiger partial charge in [0.25, 0.3) is 5.91 Å². The van der Waals surface area contributed by atoms with E-state index in [-0.39, 0.29) is 12.3 Å². The highest BCUT2D eigenvalue weighted by molar-refractivity contribution is 6.15. The van der Waals surface area contributed by atoms with Crippen LogP contribution in [0.4, 0.5) is 5.69 Å². The number of carboxylic acids is 1. The van der Waals surface area contributed by atoms with Gasteiger partial charge in [-0.25, -0.2) is 0 Å². The van der Waals surface area contributed by atoms with Crippen molar-refractivity contribution in [2.75, 3.05) is 11.5 Å². The second-order valence-corrected chi connectivity index (χ2v) is 7.52. The third-order valence-corrected chi connectivity index (χ3v) is 5.54. The maximum Gasteiger partial charge on any atom is 0.307 e. The Morgan fingerprint density at radius 2 is 1.77 bits per heavy atom. The van der Waals surface area contributed by atoms with Gasteiger partial charge >= 0.3 is 5.97 Å². The van der Waals surface area contributed by atoms with Gasteiger partial charge in [0.1, 0.15) is 5.75 Å². The van der Waals surface area contributed by atoms with E-state index in [9.17, 15) is 9.59 Å². The third-order valence-electron chi connectivity index (χ3n) is 5.54. The van der Waals surface area contributed by atoms with Crippen molar-refractivity contribution in [3.05, 3.63) is 70.8 Å². The topological polar surface area (TPSA) is 66.8 Å². The molecule has 0 aliphatic carbocycles. The molecule has 0 saturated carbocycles. The quantitative estimate of drug-likeness (QED) is 0.604. The lowest BCUT2D eigenvalue weighted by Crippen LogP contribution is -2.23. The predicted octanol–water partition coefficient (Wildman–Crippen LogP) is 4.98. The van der Waals surface area contributed by atoms with Crippen molar-refractivity contribution < 1.29 is 19.4 Å². The fourth-order valence-electron chi connectivity index (χ4n) is 4.31. The van der Waals surface area contributed by atoms with Gasteiger partial charge in [0.05, 0.1) is 25.1 Å². The largest absolute Gasteiger partial charge is 0.493 e. The molecule has 0 bridgehead atoms. The summed E-state index contributed by atoms with van der Waals surface area (Å²) in [7, 11) is 0. The normalized spacial score (nSPS) is 13.0. The Hall–Kier alpha value is -3.34. The lowest BCUT2D eigenvalue weighted by Gasteiger charge is -2.16. The minimum Gasteiger partial charge on any atom is -0.493 e. The van der Waals surface area contributed by atoms with Crippen LogP contribution in [0.3, 0.4) is 0 Å². The van der Waals surface area contributed by atoms with Crippen molar-refractivity contribution >= 4 is 28.3 Å². The summed E-state index contributed by atoms with van der Waals surface area (Å²) in [6.45, 7) is 5.05. The number of nitrogens with zero attached hydrogens (tertiary/aromatic N) is 1. The second-order valence-electron chi connectivity index (χ2n) is 7.52. The molecule has 1 heterocycles. The zero-order valence-corrected chi connectivity index (χ0v) is 17.3. The number of benzene rings is 3. The van der Waals surface area contributed by atoms with Gasteiger partial charge in [0, 0.05) is 16.6 Å². The molecule has 1 amide bonds. The van der Waals surface area contributed by atoms with E-state index in [1.54, 1.807) is 17.0 Å². The molecule has 30 heavy (non-hydrogen) atoms. The van der Waals surface area contributed by atoms with Crippen LogP contribution in [0.25, 0.3) is 10.8 Å². The molecule has 5 nitrogen and oxygen atoms in total. The maximum absolute atomic E-state index is 13.5. The fourth-order valence-corrected chi connectivity index (χ4v) is 4.31. The molecule has 0 atom stereocenters. The molecule has 1 aliphatic heterocycles. The monoisotopic (exact) mass is 403 g/mol. The summed E-state index contributed by atoms with van der Waals surface area (Å²) in [6.07, 6.45) is 1.74. The zero-order chi connectivity index (χ0) is 21.3. The van der Waals surface area contributed by atoms with Crippen molar-refractivity contribution in [2.45, 2.75) is 39.7 Å². The van der Waals surface area contributed by atoms with Gasteiger partial charge in [0.15, 0.2) is 0 Å². The van der Waals surface area contributed by atoms with Crippen molar-refractivity contribution in [2.24, 2.45) is 0 Å². The minimum atomic E-state index is -0.871. The Balaban J connectivity index is 1.83. The molecule has 3 aromatic carbocycles. The Morgan fingerprint density at radius 1 is 1.07 bits per heavy atom. The molecule has 3 aromatic rings. The van der Waals surface area contributed by atoms with Gasteiger partial charge in [-0.05, 0) is 42.0 Å². The van der Waals surface area contributed by atoms with Crippen LogP contribution in [0.15, 0.2) is 48.5 Å². The van der Waals surface area contributed by atoms with Crippen LogP contribution in [0.1, 0.15) is 47.3 Å². The van der Waals surface area contributed by atoms with E-state index in [2.05, 4.69) is 19.1 Å². The fraction of sp³-hybridized carbons (Fsp3) is 0.280. The van der Waals surface area contributed by atoms with Crippen LogP contribution in [-0.4, -0.2) is 23.6 Å². The number of aliphatic carboxylic acids is 1. The molecule has 0 aromatic heterocycles. The molecule has 1 aliphatic rings. The molecule has 154 valence electrons. The van der Waals surface area contributed by atoms with Crippen LogP contribution in [0.2, 0.25) is 0 Å². The average molecular weight is 403 g/mol. The number of hydrogen-bond acceptors (Lipinski definition) is 3. The summed E-state index contributed by atoms with van der Waals surface area (Å²) in [5.41, 5.74) is 4.26. The zero-order valence-electron chi connectivity index (χ0n) is 17.3. The average Bonchev–Trinajstić information content (AvgIpc) is 3.08. The van der Waals surface area contributed by atoms with Crippen molar-refractivity contribution in [1.82, 2.24) is 0 Å².